The molecule has 8 nitrogen and oxygen atoms in total. The van der Waals surface area contributed by atoms with Crippen LogP contribution < -0.4 is 14.5 Å². The number of pyridine rings is 1. The van der Waals surface area contributed by atoms with Crippen molar-refractivity contribution in [3.8, 4) is 0 Å². The molecule has 0 saturated carbocycles. The Morgan fingerprint density at radius 1 is 1.06 bits per heavy atom. The first-order chi connectivity index (χ1) is 15.1. The van der Waals surface area contributed by atoms with Crippen LogP contribution in [0.4, 0.5) is 11.5 Å². The summed E-state index contributed by atoms with van der Waals surface area (Å²) < 4.78 is 27.4. The van der Waals surface area contributed by atoms with Crippen LogP contribution in [0.25, 0.3) is 0 Å². The predicted octanol–water partition coefficient (Wildman–Crippen LogP) is 2.18. The maximum Gasteiger partial charge on any atom is 0.237 e. The van der Waals surface area contributed by atoms with Gasteiger partial charge in [-0.2, -0.15) is 0 Å². The van der Waals surface area contributed by atoms with Crippen LogP contribution >= 0.6 is 24.0 Å². The number of benzene rings is 1. The highest BCUT2D eigenvalue weighted by atomic mass is 127. The number of rotatable bonds is 6. The van der Waals surface area contributed by atoms with E-state index in [-0.39, 0.29) is 36.3 Å². The Labute approximate surface area is 207 Å². The number of aliphatic imine (C=N–C) groups is 1. The Kier molecular flexibility index (Phi) is 8.57. The lowest BCUT2D eigenvalue weighted by molar-refractivity contribution is 0.372. The van der Waals surface area contributed by atoms with E-state index in [1.54, 1.807) is 0 Å². The molecule has 0 aliphatic carbocycles. The fraction of sp³-hybridized carbons (Fsp3) is 0.455. The second-order valence-electron chi connectivity index (χ2n) is 7.66. The van der Waals surface area contributed by atoms with E-state index in [0.717, 1.165) is 62.2 Å². The molecule has 174 valence electrons. The summed E-state index contributed by atoms with van der Waals surface area (Å²) in [5, 5.41) is 3.31. The number of halogens is 1. The van der Waals surface area contributed by atoms with Crippen LogP contribution in [0.1, 0.15) is 12.5 Å². The first-order valence-electron chi connectivity index (χ1n) is 10.9. The van der Waals surface area contributed by atoms with Crippen molar-refractivity contribution in [3.63, 3.8) is 0 Å². The molecule has 0 atom stereocenters. The predicted molar refractivity (Wildman–Crippen MR) is 141 cm³/mol. The normalized spacial score (nSPS) is 16.5. The fourth-order valence-electron chi connectivity index (χ4n) is 4.09. The highest BCUT2D eigenvalue weighted by Crippen LogP contribution is 2.29. The number of nitrogens with one attached hydrogen (secondary N) is 1. The standard InChI is InChI=1S/C22H30N6O2S.HI/c1-2-23-22(27-16-14-26(15-17-27)21-9-5-6-11-24-21)25-12-18-31(29,30)28-13-10-19-7-3-4-8-20(19)28;/h3-9,11H,2,10,12-18H2,1H3,(H,23,25);1H. The fourth-order valence-corrected chi connectivity index (χ4v) is 5.48. The third-order valence-corrected chi connectivity index (χ3v) is 7.43. The van der Waals surface area contributed by atoms with Gasteiger partial charge in [0.25, 0.3) is 0 Å². The zero-order valence-electron chi connectivity index (χ0n) is 18.4. The second-order valence-corrected chi connectivity index (χ2v) is 9.68. The van der Waals surface area contributed by atoms with Crippen LogP contribution in [0, 0.1) is 0 Å². The van der Waals surface area contributed by atoms with Gasteiger partial charge in [-0.05, 0) is 37.1 Å². The lowest BCUT2D eigenvalue weighted by Crippen LogP contribution is -2.52. The van der Waals surface area contributed by atoms with Crippen LogP contribution in [0.15, 0.2) is 53.7 Å². The van der Waals surface area contributed by atoms with Crippen LogP contribution in [-0.2, 0) is 16.4 Å². The number of aromatic nitrogens is 1. The molecule has 1 aromatic heterocycles. The average Bonchev–Trinajstić information content (AvgIpc) is 3.24. The highest BCUT2D eigenvalue weighted by molar-refractivity contribution is 14.0. The van der Waals surface area contributed by atoms with Crippen molar-refractivity contribution in [2.75, 3.05) is 60.8 Å². The minimum atomic E-state index is -3.40. The number of fused-ring (bicyclic) bond motifs is 1. The largest absolute Gasteiger partial charge is 0.357 e. The quantitative estimate of drug-likeness (QED) is 0.326. The molecule has 2 aliphatic heterocycles. The van der Waals surface area contributed by atoms with Crippen LogP contribution in [0.3, 0.4) is 0 Å². The van der Waals surface area contributed by atoms with E-state index in [1.165, 1.54) is 4.31 Å². The van der Waals surface area contributed by atoms with E-state index in [0.29, 0.717) is 6.54 Å². The smallest absolute Gasteiger partial charge is 0.237 e. The van der Waals surface area contributed by atoms with Crippen molar-refractivity contribution in [2.45, 2.75) is 13.3 Å². The van der Waals surface area contributed by atoms with Gasteiger partial charge in [0.15, 0.2) is 5.96 Å². The van der Waals surface area contributed by atoms with Gasteiger partial charge >= 0.3 is 0 Å². The molecule has 1 aromatic carbocycles. The molecular formula is C22H31IN6O2S. The van der Waals surface area contributed by atoms with Gasteiger partial charge in [-0.15, -0.1) is 24.0 Å². The molecule has 2 aliphatic rings. The Balaban J connectivity index is 0.00000289. The molecule has 0 radical (unpaired) electrons. The number of piperazine rings is 1. The van der Waals surface area contributed by atoms with Gasteiger partial charge in [0.1, 0.15) is 5.82 Å². The van der Waals surface area contributed by atoms with Gasteiger partial charge < -0.3 is 15.1 Å². The molecule has 1 N–H and O–H groups in total. The van der Waals surface area contributed by atoms with Gasteiger partial charge in [-0.3, -0.25) is 9.30 Å². The molecule has 0 spiro atoms. The summed E-state index contributed by atoms with van der Waals surface area (Å²) in [4.78, 5) is 13.5. The van der Waals surface area contributed by atoms with Crippen molar-refractivity contribution in [1.29, 1.82) is 0 Å². The van der Waals surface area contributed by atoms with Gasteiger partial charge in [-0.1, -0.05) is 24.3 Å². The van der Waals surface area contributed by atoms with E-state index < -0.39 is 10.0 Å². The summed E-state index contributed by atoms with van der Waals surface area (Å²) in [7, 11) is -3.40. The maximum atomic E-state index is 12.9. The molecular weight excluding hydrogens is 539 g/mol. The van der Waals surface area contributed by atoms with Gasteiger partial charge in [0.05, 0.1) is 18.0 Å². The number of nitrogens with zero attached hydrogens (tertiary/aromatic N) is 5. The monoisotopic (exact) mass is 570 g/mol. The number of anilines is 2. The van der Waals surface area contributed by atoms with E-state index in [2.05, 4.69) is 25.1 Å². The van der Waals surface area contributed by atoms with Gasteiger partial charge in [0, 0.05) is 45.5 Å². The zero-order valence-corrected chi connectivity index (χ0v) is 21.5. The summed E-state index contributed by atoms with van der Waals surface area (Å²) in [6, 6.07) is 13.7. The zero-order chi connectivity index (χ0) is 21.7. The van der Waals surface area contributed by atoms with E-state index >= 15 is 0 Å². The first-order valence-corrected chi connectivity index (χ1v) is 12.5. The minimum absolute atomic E-state index is 0. The Hall–Kier alpha value is -2.08. The van der Waals surface area contributed by atoms with E-state index in [4.69, 9.17) is 0 Å². The number of hydrogen-bond acceptors (Lipinski definition) is 5. The second kappa shape index (κ2) is 11.2. The lowest BCUT2D eigenvalue weighted by atomic mass is 10.2. The van der Waals surface area contributed by atoms with Gasteiger partial charge in [-0.25, -0.2) is 13.4 Å². The lowest BCUT2D eigenvalue weighted by Gasteiger charge is -2.37. The SMILES string of the molecule is CCNC(=NCCS(=O)(=O)N1CCc2ccccc21)N1CCN(c2ccccn2)CC1.I. The summed E-state index contributed by atoms with van der Waals surface area (Å²) in [5.74, 6) is 1.77. The van der Waals surface area contributed by atoms with Crippen molar-refractivity contribution in [1.82, 2.24) is 15.2 Å². The molecule has 10 heteroatoms. The number of para-hydroxylation sites is 1. The summed E-state index contributed by atoms with van der Waals surface area (Å²) >= 11 is 0. The van der Waals surface area contributed by atoms with Crippen molar-refractivity contribution < 1.29 is 8.42 Å². The Morgan fingerprint density at radius 3 is 2.53 bits per heavy atom. The minimum Gasteiger partial charge on any atom is -0.357 e. The van der Waals surface area contributed by atoms with Crippen molar-refractivity contribution >= 4 is 51.5 Å². The number of guanidine groups is 1. The molecule has 32 heavy (non-hydrogen) atoms. The van der Waals surface area contributed by atoms with Crippen LogP contribution in [0.5, 0.6) is 0 Å². The molecule has 0 bridgehead atoms. The van der Waals surface area contributed by atoms with Gasteiger partial charge in [0.2, 0.25) is 10.0 Å². The topological polar surface area (TPSA) is 81.1 Å². The number of hydrogen-bond donors (Lipinski definition) is 1. The van der Waals surface area contributed by atoms with Crippen LogP contribution in [0.2, 0.25) is 0 Å². The molecule has 0 amide bonds. The highest BCUT2D eigenvalue weighted by Gasteiger charge is 2.29. The first kappa shape index (κ1) is 24.6. The average molecular weight is 571 g/mol. The van der Waals surface area contributed by atoms with Crippen molar-refractivity contribution in [3.05, 3.63) is 54.2 Å². The maximum absolute atomic E-state index is 12.9. The van der Waals surface area contributed by atoms with E-state index in [1.807, 2.05) is 55.6 Å². The summed E-state index contributed by atoms with van der Waals surface area (Å²) in [5.41, 5.74) is 1.90. The summed E-state index contributed by atoms with van der Waals surface area (Å²) in [6.45, 7) is 6.85. The third-order valence-electron chi connectivity index (χ3n) is 5.68. The van der Waals surface area contributed by atoms with Crippen molar-refractivity contribution in [2.24, 2.45) is 4.99 Å². The third kappa shape index (κ3) is 5.64. The molecule has 1 saturated heterocycles. The Morgan fingerprint density at radius 2 is 1.81 bits per heavy atom. The van der Waals surface area contributed by atoms with E-state index in [9.17, 15) is 8.42 Å². The molecule has 1 fully saturated rings. The summed E-state index contributed by atoms with van der Waals surface area (Å²) in [6.07, 6.45) is 2.58. The van der Waals surface area contributed by atoms with Crippen LogP contribution in [-0.4, -0.2) is 75.8 Å². The number of sulfonamides is 1. The Bertz CT molecular complexity index is 1010. The molecule has 3 heterocycles. The molecule has 4 rings (SSSR count). The molecule has 2 aromatic rings. The molecule has 0 unspecified atom stereocenters.